The van der Waals surface area contributed by atoms with Crippen molar-refractivity contribution in [2.24, 2.45) is 0 Å². The Morgan fingerprint density at radius 3 is 2.48 bits per heavy atom. The largest absolute Gasteiger partial charge is 0.444 e. The molecule has 0 radical (unpaired) electrons. The van der Waals surface area contributed by atoms with Crippen LogP contribution in [0.5, 0.6) is 0 Å². The number of hydrogen-bond donors (Lipinski definition) is 3. The highest BCUT2D eigenvalue weighted by Gasteiger charge is 2.20. The second-order valence-electron chi connectivity index (χ2n) is 6.12. The molecule has 0 fully saturated rings. The number of carbonyl (C=O) groups is 2. The van der Waals surface area contributed by atoms with E-state index in [0.29, 0.717) is 5.56 Å². The summed E-state index contributed by atoms with van der Waals surface area (Å²) >= 11 is 0. The number of nitrogens with one attached hydrogen (secondary N) is 2. The van der Waals surface area contributed by atoms with Gasteiger partial charge in [0.05, 0.1) is 18.2 Å². The molecule has 0 aliphatic heterocycles. The number of benzene rings is 1. The zero-order valence-corrected chi connectivity index (χ0v) is 13.8. The van der Waals surface area contributed by atoms with Crippen LogP contribution in [0.15, 0.2) is 18.2 Å². The molecular formula is C16H23FN2O4. The topological polar surface area (TPSA) is 87.7 Å². The van der Waals surface area contributed by atoms with Crippen LogP contribution < -0.4 is 10.6 Å². The van der Waals surface area contributed by atoms with E-state index >= 15 is 0 Å². The maximum atomic E-state index is 13.9. The molecule has 0 saturated carbocycles. The Balaban J connectivity index is 2.74. The van der Waals surface area contributed by atoms with E-state index in [1.54, 1.807) is 26.8 Å². The van der Waals surface area contributed by atoms with Gasteiger partial charge in [0.2, 0.25) is 0 Å². The molecule has 0 spiro atoms. The first kappa shape index (κ1) is 18.9. The molecule has 0 bridgehead atoms. The fourth-order valence-corrected chi connectivity index (χ4v) is 1.92. The van der Waals surface area contributed by atoms with Gasteiger partial charge in [-0.05, 0) is 44.9 Å². The minimum absolute atomic E-state index is 0.0584. The molecule has 128 valence electrons. The molecule has 1 aromatic rings. The van der Waals surface area contributed by atoms with Crippen LogP contribution in [0.3, 0.4) is 0 Å². The number of amides is 2. The van der Waals surface area contributed by atoms with E-state index in [1.807, 2.05) is 0 Å². The quantitative estimate of drug-likeness (QED) is 0.767. The summed E-state index contributed by atoms with van der Waals surface area (Å²) in [5.41, 5.74) is -0.159. The van der Waals surface area contributed by atoms with Crippen molar-refractivity contribution in [3.8, 4) is 0 Å². The maximum absolute atomic E-state index is 13.9. The zero-order chi connectivity index (χ0) is 17.6. The number of hydrogen-bond acceptors (Lipinski definition) is 4. The lowest BCUT2D eigenvalue weighted by Crippen LogP contribution is -2.42. The molecule has 0 heterocycles. The second kappa shape index (κ2) is 7.92. The summed E-state index contributed by atoms with van der Waals surface area (Å²) in [6.45, 7) is 4.87. The lowest BCUT2D eigenvalue weighted by molar-refractivity contribution is 0.0482. The van der Waals surface area contributed by atoms with Crippen LogP contribution >= 0.6 is 0 Å². The third-order valence-corrected chi connectivity index (χ3v) is 2.93. The summed E-state index contributed by atoms with van der Waals surface area (Å²) in [5.74, 6) is -1.17. The van der Waals surface area contributed by atoms with Crippen LogP contribution in [0, 0.1) is 5.82 Å². The van der Waals surface area contributed by atoms with Crippen LogP contribution in [-0.2, 0) is 11.2 Å². The Labute approximate surface area is 135 Å². The number of alkyl carbamates (subject to hydrolysis) is 1. The van der Waals surface area contributed by atoms with E-state index in [0.717, 1.165) is 0 Å². The molecule has 23 heavy (non-hydrogen) atoms. The Hall–Kier alpha value is -2.15. The third-order valence-electron chi connectivity index (χ3n) is 2.93. The van der Waals surface area contributed by atoms with Crippen molar-refractivity contribution in [1.29, 1.82) is 0 Å². The lowest BCUT2D eigenvalue weighted by Gasteiger charge is -2.22. The molecule has 6 nitrogen and oxygen atoms in total. The van der Waals surface area contributed by atoms with E-state index in [2.05, 4.69) is 10.6 Å². The molecule has 1 rings (SSSR count). The second-order valence-corrected chi connectivity index (χ2v) is 6.12. The average molecular weight is 326 g/mol. The van der Waals surface area contributed by atoms with Crippen molar-refractivity contribution in [3.63, 3.8) is 0 Å². The summed E-state index contributed by atoms with van der Waals surface area (Å²) in [6, 6.07) is 3.54. The van der Waals surface area contributed by atoms with Crippen LogP contribution in [-0.4, -0.2) is 42.4 Å². The van der Waals surface area contributed by atoms with Crippen LogP contribution in [0.4, 0.5) is 9.18 Å². The van der Waals surface area contributed by atoms with Crippen molar-refractivity contribution in [1.82, 2.24) is 10.6 Å². The molecule has 1 unspecified atom stereocenters. The summed E-state index contributed by atoms with van der Waals surface area (Å²) in [4.78, 5) is 23.1. The molecule has 0 aliphatic rings. The number of rotatable bonds is 5. The first-order chi connectivity index (χ1) is 10.7. The summed E-state index contributed by atoms with van der Waals surface area (Å²) < 4.78 is 19.0. The summed E-state index contributed by atoms with van der Waals surface area (Å²) in [5, 5.41) is 14.2. The molecular weight excluding hydrogens is 303 g/mol. The van der Waals surface area contributed by atoms with Gasteiger partial charge in [0.1, 0.15) is 11.4 Å². The van der Waals surface area contributed by atoms with Crippen LogP contribution in [0.25, 0.3) is 0 Å². The van der Waals surface area contributed by atoms with Crippen molar-refractivity contribution in [2.75, 3.05) is 13.7 Å². The number of carbonyl (C=O) groups excluding carboxylic acids is 2. The van der Waals surface area contributed by atoms with Gasteiger partial charge >= 0.3 is 6.09 Å². The van der Waals surface area contributed by atoms with Gasteiger partial charge in [-0.3, -0.25) is 4.79 Å². The fraction of sp³-hybridized carbons (Fsp3) is 0.500. The maximum Gasteiger partial charge on any atom is 0.407 e. The molecule has 7 heteroatoms. The Morgan fingerprint density at radius 1 is 1.35 bits per heavy atom. The van der Waals surface area contributed by atoms with Gasteiger partial charge in [-0.25, -0.2) is 9.18 Å². The lowest BCUT2D eigenvalue weighted by atomic mass is 10.0. The molecule has 0 aromatic heterocycles. The minimum atomic E-state index is -0.657. The van der Waals surface area contributed by atoms with Crippen molar-refractivity contribution >= 4 is 12.0 Å². The SMILES string of the molecule is CNC(=O)c1ccc(CC(CO)NC(=O)OC(C)(C)C)cc1F. The first-order valence-electron chi connectivity index (χ1n) is 7.27. The third kappa shape index (κ3) is 6.23. The fourth-order valence-electron chi connectivity index (χ4n) is 1.92. The molecule has 1 atom stereocenters. The minimum Gasteiger partial charge on any atom is -0.444 e. The monoisotopic (exact) mass is 326 g/mol. The zero-order valence-electron chi connectivity index (χ0n) is 13.8. The molecule has 3 N–H and O–H groups in total. The van der Waals surface area contributed by atoms with E-state index < -0.39 is 29.5 Å². The van der Waals surface area contributed by atoms with Gasteiger partial charge in [0.25, 0.3) is 5.91 Å². The standard InChI is InChI=1S/C16H23FN2O4/c1-16(2,3)23-15(22)19-11(9-20)7-10-5-6-12(13(17)8-10)14(21)18-4/h5-6,8,11,20H,7,9H2,1-4H3,(H,18,21)(H,19,22). The molecule has 2 amide bonds. The van der Waals surface area contributed by atoms with Crippen molar-refractivity contribution in [2.45, 2.75) is 38.8 Å². The molecule has 0 saturated heterocycles. The van der Waals surface area contributed by atoms with Gasteiger partial charge in [-0.1, -0.05) is 6.07 Å². The highest BCUT2D eigenvalue weighted by molar-refractivity contribution is 5.94. The summed E-state index contributed by atoms with van der Waals surface area (Å²) in [7, 11) is 1.42. The molecule has 0 aliphatic carbocycles. The van der Waals surface area contributed by atoms with Crippen molar-refractivity contribution < 1.29 is 23.8 Å². The normalized spacial score (nSPS) is 12.4. The Bertz CT molecular complexity index is 570. The predicted octanol–water partition coefficient (Wildman–Crippen LogP) is 1.61. The highest BCUT2D eigenvalue weighted by Crippen LogP contribution is 2.13. The van der Waals surface area contributed by atoms with Gasteiger partial charge in [0.15, 0.2) is 0 Å². The van der Waals surface area contributed by atoms with E-state index in [1.165, 1.54) is 19.2 Å². The summed E-state index contributed by atoms with van der Waals surface area (Å²) in [6.07, 6.45) is -0.445. The Morgan fingerprint density at radius 2 is 2.00 bits per heavy atom. The number of aliphatic hydroxyl groups is 1. The van der Waals surface area contributed by atoms with Crippen LogP contribution in [0.1, 0.15) is 36.7 Å². The van der Waals surface area contributed by atoms with Gasteiger partial charge in [-0.15, -0.1) is 0 Å². The van der Waals surface area contributed by atoms with Gasteiger partial charge in [-0.2, -0.15) is 0 Å². The molecule has 1 aromatic carbocycles. The number of halogens is 1. The Kier molecular flexibility index (Phi) is 6.50. The van der Waals surface area contributed by atoms with E-state index in [4.69, 9.17) is 4.74 Å². The van der Waals surface area contributed by atoms with E-state index in [9.17, 15) is 19.1 Å². The number of ether oxygens (including phenoxy) is 1. The first-order valence-corrected chi connectivity index (χ1v) is 7.27. The average Bonchev–Trinajstić information content (AvgIpc) is 2.44. The predicted molar refractivity (Wildman–Crippen MR) is 83.7 cm³/mol. The van der Waals surface area contributed by atoms with E-state index in [-0.39, 0.29) is 18.6 Å². The highest BCUT2D eigenvalue weighted by atomic mass is 19.1. The number of aliphatic hydroxyl groups excluding tert-OH is 1. The van der Waals surface area contributed by atoms with Crippen LogP contribution in [0.2, 0.25) is 0 Å². The van der Waals surface area contributed by atoms with Gasteiger partial charge in [0, 0.05) is 7.05 Å². The van der Waals surface area contributed by atoms with Crippen molar-refractivity contribution in [3.05, 3.63) is 35.1 Å². The van der Waals surface area contributed by atoms with Gasteiger partial charge < -0.3 is 20.5 Å². The smallest absolute Gasteiger partial charge is 0.407 e.